The van der Waals surface area contributed by atoms with Gasteiger partial charge in [0.25, 0.3) is 0 Å². The van der Waals surface area contributed by atoms with E-state index >= 15 is 0 Å². The maximum absolute atomic E-state index is 10.7. The predicted molar refractivity (Wildman–Crippen MR) is 93.1 cm³/mol. The summed E-state index contributed by atoms with van der Waals surface area (Å²) in [5.41, 5.74) is 5.43. The van der Waals surface area contributed by atoms with Crippen molar-refractivity contribution in [3.05, 3.63) is 0 Å². The molecule has 0 aromatic rings. The number of nitrogens with one attached hydrogen (secondary N) is 2. The van der Waals surface area contributed by atoms with Crippen LogP contribution in [0.25, 0.3) is 0 Å². The van der Waals surface area contributed by atoms with Crippen LogP contribution in [0.15, 0.2) is 4.99 Å². The lowest BCUT2D eigenvalue weighted by atomic mass is 10.0. The summed E-state index contributed by atoms with van der Waals surface area (Å²) in [7, 11) is 0. The van der Waals surface area contributed by atoms with Crippen molar-refractivity contribution in [1.29, 1.82) is 0 Å². The van der Waals surface area contributed by atoms with Gasteiger partial charge in [0.1, 0.15) is 0 Å². The maximum Gasteiger partial charge on any atom is 0.411 e. The third-order valence-corrected chi connectivity index (χ3v) is 5.62. The maximum atomic E-state index is 10.7. The summed E-state index contributed by atoms with van der Waals surface area (Å²) in [6.45, 7) is 2.39. The van der Waals surface area contributed by atoms with Gasteiger partial charge in [-0.15, -0.1) is 0 Å². The van der Waals surface area contributed by atoms with E-state index < -0.39 is 6.09 Å². The fourth-order valence-corrected chi connectivity index (χ4v) is 4.46. The Morgan fingerprint density at radius 3 is 2.87 bits per heavy atom. The summed E-state index contributed by atoms with van der Waals surface area (Å²) in [6, 6.07) is 0.479. The van der Waals surface area contributed by atoms with Crippen LogP contribution in [0.4, 0.5) is 4.79 Å². The number of nitrogens with zero attached hydrogens (tertiary/aromatic N) is 1. The highest BCUT2D eigenvalue weighted by atomic mass is 32.2. The molecule has 0 spiro atoms. The van der Waals surface area contributed by atoms with Gasteiger partial charge in [0.2, 0.25) is 5.96 Å². The SMILES string of the molecule is NCCCCOCCCCC[C@@H]1SC[C@@H]2NC(NC(=O)O)=N[C@@H]21. The Hall–Kier alpha value is -0.990. The Morgan fingerprint density at radius 2 is 2.13 bits per heavy atom. The molecule has 3 atom stereocenters. The largest absolute Gasteiger partial charge is 0.465 e. The molecule has 0 radical (unpaired) electrons. The molecule has 132 valence electrons. The van der Waals surface area contributed by atoms with Gasteiger partial charge in [-0.3, -0.25) is 5.32 Å². The van der Waals surface area contributed by atoms with Crippen LogP contribution >= 0.6 is 11.8 Å². The molecular weight excluding hydrogens is 316 g/mol. The van der Waals surface area contributed by atoms with E-state index in [2.05, 4.69) is 15.6 Å². The summed E-state index contributed by atoms with van der Waals surface area (Å²) in [5.74, 6) is 1.40. The van der Waals surface area contributed by atoms with Crippen LogP contribution in [-0.4, -0.2) is 60.0 Å². The summed E-state index contributed by atoms with van der Waals surface area (Å²) in [6.07, 6.45) is 5.59. The molecule has 0 aliphatic carbocycles. The fourth-order valence-electron chi connectivity index (χ4n) is 2.95. The molecule has 7 nitrogen and oxygen atoms in total. The molecule has 23 heavy (non-hydrogen) atoms. The van der Waals surface area contributed by atoms with Crippen molar-refractivity contribution < 1.29 is 14.6 Å². The summed E-state index contributed by atoms with van der Waals surface area (Å²) in [5, 5.41) is 14.7. The molecule has 2 aliphatic heterocycles. The number of carbonyl (C=O) groups is 1. The van der Waals surface area contributed by atoms with Crippen molar-refractivity contribution in [2.45, 2.75) is 55.9 Å². The molecule has 2 heterocycles. The van der Waals surface area contributed by atoms with Crippen molar-refractivity contribution in [3.63, 3.8) is 0 Å². The van der Waals surface area contributed by atoms with E-state index in [1.54, 1.807) is 0 Å². The first-order valence-corrected chi connectivity index (χ1v) is 9.49. The lowest BCUT2D eigenvalue weighted by Gasteiger charge is -2.14. The minimum absolute atomic E-state index is 0.203. The highest BCUT2D eigenvalue weighted by Crippen LogP contribution is 2.35. The summed E-state index contributed by atoms with van der Waals surface area (Å²) >= 11 is 1.94. The highest BCUT2D eigenvalue weighted by molar-refractivity contribution is 8.00. The Bertz CT molecular complexity index is 408. The zero-order chi connectivity index (χ0) is 16.5. The average molecular weight is 344 g/mol. The predicted octanol–water partition coefficient (Wildman–Crippen LogP) is 1.38. The molecule has 1 saturated heterocycles. The van der Waals surface area contributed by atoms with Gasteiger partial charge >= 0.3 is 6.09 Å². The number of hydrogen-bond donors (Lipinski definition) is 4. The first kappa shape index (κ1) is 18.4. The third-order valence-electron chi connectivity index (χ3n) is 4.13. The molecule has 0 aromatic carbocycles. The van der Waals surface area contributed by atoms with Crippen molar-refractivity contribution in [2.75, 3.05) is 25.5 Å². The summed E-state index contributed by atoms with van der Waals surface area (Å²) < 4.78 is 5.57. The number of rotatable bonds is 10. The first-order valence-electron chi connectivity index (χ1n) is 8.44. The number of carboxylic acid groups (broad SMARTS) is 1. The normalized spacial score (nSPS) is 25.8. The smallest absolute Gasteiger partial charge is 0.411 e. The lowest BCUT2D eigenvalue weighted by Crippen LogP contribution is -2.42. The van der Waals surface area contributed by atoms with Crippen LogP contribution in [-0.2, 0) is 4.74 Å². The second-order valence-electron chi connectivity index (χ2n) is 5.98. The Labute approximate surface area is 141 Å². The number of unbranched alkanes of at least 4 members (excludes halogenated alkanes) is 3. The second kappa shape index (κ2) is 10.00. The topological polar surface area (TPSA) is 109 Å². The van der Waals surface area contributed by atoms with E-state index in [1.807, 2.05) is 11.8 Å². The van der Waals surface area contributed by atoms with E-state index in [0.717, 1.165) is 51.2 Å². The molecule has 0 unspecified atom stereocenters. The van der Waals surface area contributed by atoms with Crippen LogP contribution in [0, 0.1) is 0 Å². The minimum Gasteiger partial charge on any atom is -0.465 e. The molecule has 2 rings (SSSR count). The first-order chi connectivity index (χ1) is 11.2. The van der Waals surface area contributed by atoms with E-state index in [1.165, 1.54) is 12.8 Å². The van der Waals surface area contributed by atoms with Gasteiger partial charge in [-0.2, -0.15) is 11.8 Å². The zero-order valence-electron chi connectivity index (χ0n) is 13.5. The number of hydrogen-bond acceptors (Lipinski definition) is 6. The molecule has 1 fully saturated rings. The summed E-state index contributed by atoms with van der Waals surface area (Å²) in [4.78, 5) is 15.1. The number of guanidine groups is 1. The van der Waals surface area contributed by atoms with Crippen molar-refractivity contribution in [3.8, 4) is 0 Å². The molecule has 8 heteroatoms. The Kier molecular flexibility index (Phi) is 7.98. The number of aliphatic imine (C=N–C) groups is 1. The van der Waals surface area contributed by atoms with Crippen LogP contribution in [0.3, 0.4) is 0 Å². The van der Waals surface area contributed by atoms with Crippen LogP contribution < -0.4 is 16.4 Å². The quantitative estimate of drug-likeness (QED) is 0.446. The number of ether oxygens (including phenoxy) is 1. The molecule has 0 bridgehead atoms. The number of amides is 1. The third kappa shape index (κ3) is 6.19. The van der Waals surface area contributed by atoms with Gasteiger partial charge < -0.3 is 20.9 Å². The Balaban J connectivity index is 1.54. The van der Waals surface area contributed by atoms with E-state index in [0.29, 0.717) is 11.2 Å². The molecule has 2 aliphatic rings. The number of thioether (sulfide) groups is 1. The highest BCUT2D eigenvalue weighted by Gasteiger charge is 2.40. The van der Waals surface area contributed by atoms with Gasteiger partial charge in [0.05, 0.1) is 12.1 Å². The molecule has 0 saturated carbocycles. The van der Waals surface area contributed by atoms with Crippen molar-refractivity contribution in [2.24, 2.45) is 10.7 Å². The molecule has 0 aromatic heterocycles. The Morgan fingerprint density at radius 1 is 1.35 bits per heavy atom. The van der Waals surface area contributed by atoms with Crippen LogP contribution in [0.5, 0.6) is 0 Å². The molecule has 5 N–H and O–H groups in total. The second-order valence-corrected chi connectivity index (χ2v) is 7.25. The van der Waals surface area contributed by atoms with E-state index in [9.17, 15) is 4.79 Å². The van der Waals surface area contributed by atoms with Crippen LogP contribution in [0.2, 0.25) is 0 Å². The molecule has 1 amide bonds. The van der Waals surface area contributed by atoms with Crippen molar-refractivity contribution in [1.82, 2.24) is 10.6 Å². The van der Waals surface area contributed by atoms with Gasteiger partial charge in [-0.05, 0) is 32.2 Å². The number of fused-ring (bicyclic) bond motifs is 1. The number of nitrogens with two attached hydrogens (primary N) is 1. The fraction of sp³-hybridized carbons (Fsp3) is 0.867. The van der Waals surface area contributed by atoms with Gasteiger partial charge in [-0.25, -0.2) is 9.79 Å². The van der Waals surface area contributed by atoms with Gasteiger partial charge in [0.15, 0.2) is 0 Å². The van der Waals surface area contributed by atoms with E-state index in [-0.39, 0.29) is 12.1 Å². The van der Waals surface area contributed by atoms with E-state index in [4.69, 9.17) is 15.6 Å². The van der Waals surface area contributed by atoms with Crippen LogP contribution in [0.1, 0.15) is 38.5 Å². The molecular formula is C15H28N4O3S. The monoisotopic (exact) mass is 344 g/mol. The standard InChI is InChI=1S/C15H28N4O3S/c16-7-3-5-9-22-8-4-1-2-6-12-13-11(10-23-12)17-14(18-13)19-15(20)21/h11-13H,1-10,16H2,(H,20,21)(H2,17,18,19)/t11-,12-,13-/m0/s1. The lowest BCUT2D eigenvalue weighted by molar-refractivity contribution is 0.126. The minimum atomic E-state index is -1.06. The van der Waals surface area contributed by atoms with Gasteiger partial charge in [-0.1, -0.05) is 12.8 Å². The van der Waals surface area contributed by atoms with Crippen molar-refractivity contribution >= 4 is 23.8 Å². The van der Waals surface area contributed by atoms with Gasteiger partial charge in [0, 0.05) is 24.2 Å². The zero-order valence-corrected chi connectivity index (χ0v) is 14.3. The average Bonchev–Trinajstić information content (AvgIpc) is 3.05.